The Morgan fingerprint density at radius 2 is 1.76 bits per heavy atom. The van der Waals surface area contributed by atoms with Gasteiger partial charge in [-0.1, -0.05) is 67.1 Å². The molecule has 0 unspecified atom stereocenters. The molecule has 0 aromatic heterocycles. The van der Waals surface area contributed by atoms with Gasteiger partial charge >= 0.3 is 0 Å². The van der Waals surface area contributed by atoms with Crippen LogP contribution in [0, 0.1) is 17.8 Å². The van der Waals surface area contributed by atoms with Gasteiger partial charge in [-0.05, 0) is 72.9 Å². The summed E-state index contributed by atoms with van der Waals surface area (Å²) in [6.07, 6.45) is 4.98. The lowest BCUT2D eigenvalue weighted by Gasteiger charge is -2.31. The molecular weight excluding hydrogens is 514 g/mol. The van der Waals surface area contributed by atoms with Gasteiger partial charge in [-0.3, -0.25) is 14.5 Å². The van der Waals surface area contributed by atoms with Crippen molar-refractivity contribution in [3.8, 4) is 11.5 Å². The lowest BCUT2D eigenvalue weighted by Crippen LogP contribution is -2.35. The second-order valence-corrected chi connectivity index (χ2v) is 11.5. The fraction of sp³-hybridized carbons (Fsp3) is 0.371. The third kappa shape index (κ3) is 5.17. The van der Waals surface area contributed by atoms with Crippen LogP contribution < -0.4 is 4.74 Å². The van der Waals surface area contributed by atoms with Gasteiger partial charge in [0.1, 0.15) is 18.1 Å². The Bertz CT molecular complexity index is 1520. The number of phenols is 1. The fourth-order valence-electron chi connectivity index (χ4n) is 6.93. The maximum Gasteiger partial charge on any atom is 0.233 e. The molecule has 3 aromatic rings. The number of rotatable bonds is 9. The average Bonchev–Trinajstić information content (AvgIpc) is 3.52. The molecule has 2 saturated heterocycles. The zero-order valence-corrected chi connectivity index (χ0v) is 23.7. The van der Waals surface area contributed by atoms with Crippen LogP contribution in [-0.4, -0.2) is 47.7 Å². The van der Waals surface area contributed by atoms with E-state index >= 15 is 0 Å². The molecule has 6 nitrogen and oxygen atoms in total. The molecule has 1 N–H and O–H groups in total. The lowest BCUT2D eigenvalue weighted by atomic mass is 9.69. The Balaban J connectivity index is 1.25. The third-order valence-corrected chi connectivity index (χ3v) is 8.84. The molecular formula is C35H37NO5. The van der Waals surface area contributed by atoms with Crippen molar-refractivity contribution in [2.75, 3.05) is 19.8 Å². The van der Waals surface area contributed by atoms with Gasteiger partial charge in [0.15, 0.2) is 0 Å². The highest BCUT2D eigenvalue weighted by Crippen LogP contribution is 2.50. The van der Waals surface area contributed by atoms with Gasteiger partial charge in [0, 0.05) is 17.8 Å². The van der Waals surface area contributed by atoms with E-state index in [1.807, 2.05) is 67.6 Å². The number of hydrogen-bond donors (Lipinski definition) is 1. The summed E-state index contributed by atoms with van der Waals surface area (Å²) in [7, 11) is 0. The first kappa shape index (κ1) is 27.3. The summed E-state index contributed by atoms with van der Waals surface area (Å²) >= 11 is 0. The molecule has 0 radical (unpaired) electrons. The van der Waals surface area contributed by atoms with E-state index in [9.17, 15) is 14.7 Å². The molecule has 6 rings (SSSR count). The SMILES string of the molecule is CCCN1C(=O)[C@@H]2[C@@H](CC(COc3ccccc3)=C3[C@@H](CC/C(C)=C/c4ccc(O)c5ccccc45)OC[C@@H]32)C1=O. The Kier molecular flexibility index (Phi) is 7.67. The number of fused-ring (bicyclic) bond motifs is 4. The van der Waals surface area contributed by atoms with Gasteiger partial charge in [-0.2, -0.15) is 0 Å². The zero-order valence-electron chi connectivity index (χ0n) is 23.7. The Morgan fingerprint density at radius 1 is 1.00 bits per heavy atom. The average molecular weight is 552 g/mol. The highest BCUT2D eigenvalue weighted by molar-refractivity contribution is 6.06. The molecule has 6 heteroatoms. The molecule has 0 spiro atoms. The lowest BCUT2D eigenvalue weighted by molar-refractivity contribution is -0.140. The maximum absolute atomic E-state index is 13.4. The van der Waals surface area contributed by atoms with Crippen LogP contribution in [0.5, 0.6) is 11.5 Å². The standard InChI is InChI=1S/C35H37NO5/c1-3-17-36-34(38)28-19-24(20-40-25-9-5-4-6-10-25)32-29(33(28)35(36)39)21-41-31(32)16-13-22(2)18-23-14-15-30(37)27-12-8-7-11-26(23)27/h4-12,14-15,18,28-29,31,33,37H,3,13,16-17,19-21H2,1-2H3/b22-18+/t28-,29+,31-,33-/m1/s1. The van der Waals surface area contributed by atoms with Crippen molar-refractivity contribution in [1.29, 1.82) is 0 Å². The summed E-state index contributed by atoms with van der Waals surface area (Å²) in [5.41, 5.74) is 4.56. The van der Waals surface area contributed by atoms with Crippen LogP contribution in [0.4, 0.5) is 0 Å². The topological polar surface area (TPSA) is 76.1 Å². The Morgan fingerprint density at radius 3 is 2.54 bits per heavy atom. The number of aromatic hydroxyl groups is 1. The van der Waals surface area contributed by atoms with Crippen LogP contribution in [0.15, 0.2) is 83.4 Å². The van der Waals surface area contributed by atoms with E-state index < -0.39 is 0 Å². The molecule has 4 atom stereocenters. The number of para-hydroxylation sites is 1. The normalized spacial score (nSPS) is 24.2. The molecule has 2 fully saturated rings. The van der Waals surface area contributed by atoms with E-state index in [1.165, 1.54) is 16.0 Å². The molecule has 3 aliphatic rings. The Labute approximate surface area is 241 Å². The summed E-state index contributed by atoms with van der Waals surface area (Å²) in [5.74, 6) is 0.241. The largest absolute Gasteiger partial charge is 0.507 e. The first-order chi connectivity index (χ1) is 20.0. The number of amides is 2. The summed E-state index contributed by atoms with van der Waals surface area (Å²) in [6, 6.07) is 21.3. The van der Waals surface area contributed by atoms with E-state index in [-0.39, 0.29) is 41.4 Å². The quantitative estimate of drug-likeness (QED) is 0.242. The predicted molar refractivity (Wildman–Crippen MR) is 159 cm³/mol. The predicted octanol–water partition coefficient (Wildman–Crippen LogP) is 6.53. The molecule has 0 saturated carbocycles. The highest BCUT2D eigenvalue weighted by Gasteiger charge is 2.56. The molecule has 3 aromatic carbocycles. The van der Waals surface area contributed by atoms with Gasteiger partial charge in [-0.25, -0.2) is 0 Å². The fourth-order valence-corrected chi connectivity index (χ4v) is 6.93. The van der Waals surface area contributed by atoms with Crippen LogP contribution in [0.1, 0.15) is 45.1 Å². The van der Waals surface area contributed by atoms with E-state index in [2.05, 4.69) is 13.0 Å². The van der Waals surface area contributed by atoms with Gasteiger partial charge < -0.3 is 14.6 Å². The summed E-state index contributed by atoms with van der Waals surface area (Å²) in [5, 5.41) is 12.1. The van der Waals surface area contributed by atoms with Crippen molar-refractivity contribution in [3.05, 3.63) is 89.0 Å². The number of phenolic OH excluding ortho intramolecular Hbond substituents is 1. The summed E-state index contributed by atoms with van der Waals surface area (Å²) in [6.45, 7) is 5.45. The van der Waals surface area contributed by atoms with E-state index in [0.717, 1.165) is 46.9 Å². The smallest absolute Gasteiger partial charge is 0.233 e. The van der Waals surface area contributed by atoms with E-state index in [1.54, 1.807) is 6.07 Å². The first-order valence-electron chi connectivity index (χ1n) is 14.7. The highest BCUT2D eigenvalue weighted by atomic mass is 16.5. The van der Waals surface area contributed by atoms with Crippen molar-refractivity contribution in [1.82, 2.24) is 4.90 Å². The molecule has 2 aliphatic heterocycles. The second kappa shape index (κ2) is 11.5. The van der Waals surface area contributed by atoms with Crippen molar-refractivity contribution in [2.24, 2.45) is 17.8 Å². The summed E-state index contributed by atoms with van der Waals surface area (Å²) in [4.78, 5) is 28.2. The number of nitrogens with zero attached hydrogens (tertiary/aromatic N) is 1. The van der Waals surface area contributed by atoms with Gasteiger partial charge in [0.25, 0.3) is 0 Å². The van der Waals surface area contributed by atoms with Crippen LogP contribution in [0.25, 0.3) is 16.8 Å². The molecule has 41 heavy (non-hydrogen) atoms. The third-order valence-electron chi connectivity index (χ3n) is 8.84. The minimum absolute atomic E-state index is 0.0353. The molecule has 2 amide bonds. The zero-order chi connectivity index (χ0) is 28.5. The number of carbonyl (C=O) groups excluding carboxylic acids is 2. The molecule has 1 aliphatic carbocycles. The monoisotopic (exact) mass is 551 g/mol. The minimum atomic E-state index is -0.338. The van der Waals surface area contributed by atoms with Gasteiger partial charge in [0.05, 0.1) is 24.5 Å². The van der Waals surface area contributed by atoms with Crippen LogP contribution in [-0.2, 0) is 14.3 Å². The second-order valence-electron chi connectivity index (χ2n) is 11.5. The van der Waals surface area contributed by atoms with Crippen LogP contribution >= 0.6 is 0 Å². The van der Waals surface area contributed by atoms with Crippen molar-refractivity contribution < 1.29 is 24.2 Å². The van der Waals surface area contributed by atoms with Gasteiger partial charge in [0.2, 0.25) is 11.8 Å². The number of likely N-dealkylation sites (tertiary alicyclic amines) is 1. The molecule has 0 bridgehead atoms. The number of ether oxygens (including phenoxy) is 2. The maximum atomic E-state index is 13.4. The van der Waals surface area contributed by atoms with Crippen molar-refractivity contribution in [3.63, 3.8) is 0 Å². The summed E-state index contributed by atoms with van der Waals surface area (Å²) < 4.78 is 12.6. The number of carbonyl (C=O) groups is 2. The Hall–Kier alpha value is -3.90. The molecule has 2 heterocycles. The number of imide groups is 1. The van der Waals surface area contributed by atoms with Crippen molar-refractivity contribution in [2.45, 2.75) is 45.6 Å². The minimum Gasteiger partial charge on any atom is -0.507 e. The van der Waals surface area contributed by atoms with Crippen LogP contribution in [0.2, 0.25) is 0 Å². The first-order valence-corrected chi connectivity index (χ1v) is 14.7. The van der Waals surface area contributed by atoms with Crippen molar-refractivity contribution >= 4 is 28.7 Å². The molecule has 212 valence electrons. The number of benzene rings is 3. The van der Waals surface area contributed by atoms with E-state index in [0.29, 0.717) is 26.2 Å². The van der Waals surface area contributed by atoms with Crippen LogP contribution in [0.3, 0.4) is 0 Å². The number of hydrogen-bond acceptors (Lipinski definition) is 5. The van der Waals surface area contributed by atoms with E-state index in [4.69, 9.17) is 9.47 Å². The number of allylic oxidation sites excluding steroid dienone is 1. The van der Waals surface area contributed by atoms with Gasteiger partial charge in [-0.15, -0.1) is 0 Å².